The highest BCUT2D eigenvalue weighted by Gasteiger charge is 2.10. The molecule has 0 aliphatic carbocycles. The number of carbonyl (C=O) groups excluding carboxylic acids is 1. The Balaban J connectivity index is 2.32. The van der Waals surface area contributed by atoms with Crippen molar-refractivity contribution < 1.29 is 14.3 Å². The number of halogens is 1. The first-order valence-electron chi connectivity index (χ1n) is 5.95. The lowest BCUT2D eigenvalue weighted by Gasteiger charge is -2.07. The fourth-order valence-corrected chi connectivity index (χ4v) is 1.72. The lowest BCUT2D eigenvalue weighted by atomic mass is 10.2. The van der Waals surface area contributed by atoms with Crippen LogP contribution in [0.15, 0.2) is 22.7 Å². The molecule has 4 nitrogen and oxygen atoms in total. The first kappa shape index (κ1) is 15.0. The summed E-state index contributed by atoms with van der Waals surface area (Å²) >= 11 is 3.28. The van der Waals surface area contributed by atoms with Crippen LogP contribution in [0.3, 0.4) is 0 Å². The fraction of sp³-hybridized carbons (Fsp3) is 0.462. The van der Waals surface area contributed by atoms with Crippen molar-refractivity contribution in [2.24, 2.45) is 0 Å². The second-order valence-corrected chi connectivity index (χ2v) is 4.75. The summed E-state index contributed by atoms with van der Waals surface area (Å²) in [5.41, 5.74) is 6.52. The minimum Gasteiger partial charge on any atom is -0.460 e. The zero-order chi connectivity index (χ0) is 13.4. The average Bonchev–Trinajstić information content (AvgIpc) is 2.33. The van der Waals surface area contributed by atoms with Crippen LogP contribution in [0.1, 0.15) is 30.1 Å². The van der Waals surface area contributed by atoms with Gasteiger partial charge >= 0.3 is 5.97 Å². The van der Waals surface area contributed by atoms with Crippen LogP contribution in [0.2, 0.25) is 0 Å². The number of esters is 1. The van der Waals surface area contributed by atoms with Crippen LogP contribution in [0, 0.1) is 0 Å². The third-order valence-corrected chi connectivity index (χ3v) is 2.83. The van der Waals surface area contributed by atoms with E-state index >= 15 is 0 Å². The molecule has 0 heterocycles. The van der Waals surface area contributed by atoms with Crippen molar-refractivity contribution in [2.75, 3.05) is 25.6 Å². The number of ether oxygens (including phenoxy) is 2. The van der Waals surface area contributed by atoms with Crippen LogP contribution < -0.4 is 5.73 Å². The van der Waals surface area contributed by atoms with Crippen molar-refractivity contribution in [1.29, 1.82) is 0 Å². The van der Waals surface area contributed by atoms with E-state index in [1.165, 1.54) is 0 Å². The highest BCUT2D eigenvalue weighted by molar-refractivity contribution is 9.10. The van der Waals surface area contributed by atoms with E-state index in [0.29, 0.717) is 24.5 Å². The summed E-state index contributed by atoms with van der Waals surface area (Å²) in [6, 6.07) is 5.07. The molecule has 1 aromatic carbocycles. The Morgan fingerprint density at radius 1 is 1.33 bits per heavy atom. The van der Waals surface area contributed by atoms with Gasteiger partial charge in [0, 0.05) is 16.8 Å². The van der Waals surface area contributed by atoms with Crippen LogP contribution >= 0.6 is 15.9 Å². The summed E-state index contributed by atoms with van der Waals surface area (Å²) in [5.74, 6) is -0.418. The lowest BCUT2D eigenvalue weighted by Crippen LogP contribution is -2.12. The zero-order valence-corrected chi connectivity index (χ0v) is 12.0. The van der Waals surface area contributed by atoms with Gasteiger partial charge in [0.15, 0.2) is 0 Å². The number of unbranched alkanes of at least 4 members (excludes halogenated alkanes) is 1. The smallest absolute Gasteiger partial charge is 0.340 e. The van der Waals surface area contributed by atoms with E-state index in [2.05, 4.69) is 22.9 Å². The third-order valence-electron chi connectivity index (χ3n) is 2.34. The Labute approximate surface area is 116 Å². The number of rotatable bonds is 7. The molecule has 0 amide bonds. The molecule has 1 rings (SSSR count). The molecule has 5 heteroatoms. The van der Waals surface area contributed by atoms with E-state index in [1.54, 1.807) is 18.2 Å². The minimum atomic E-state index is -0.418. The third kappa shape index (κ3) is 5.06. The van der Waals surface area contributed by atoms with Gasteiger partial charge in [-0.3, -0.25) is 0 Å². The van der Waals surface area contributed by atoms with Crippen LogP contribution in [0.4, 0.5) is 5.69 Å². The number of nitrogens with two attached hydrogens (primary N) is 1. The molecule has 0 atom stereocenters. The van der Waals surface area contributed by atoms with Gasteiger partial charge in [-0.1, -0.05) is 29.3 Å². The topological polar surface area (TPSA) is 61.5 Å². The van der Waals surface area contributed by atoms with Crippen LogP contribution in [-0.4, -0.2) is 25.8 Å². The average molecular weight is 316 g/mol. The monoisotopic (exact) mass is 315 g/mol. The standard InChI is InChI=1S/C13H18BrNO3/c1-2-3-6-17-7-8-18-13(16)11-5-4-10(14)9-12(11)15/h4-5,9H,2-3,6-8,15H2,1H3. The van der Waals surface area contributed by atoms with Gasteiger partial charge in [-0.2, -0.15) is 0 Å². The fourth-order valence-electron chi connectivity index (χ4n) is 1.34. The Bertz CT molecular complexity index is 396. The zero-order valence-electron chi connectivity index (χ0n) is 10.4. The predicted molar refractivity (Wildman–Crippen MR) is 74.6 cm³/mol. The van der Waals surface area contributed by atoms with E-state index < -0.39 is 5.97 Å². The van der Waals surface area contributed by atoms with E-state index in [4.69, 9.17) is 15.2 Å². The molecular formula is C13H18BrNO3. The molecule has 0 spiro atoms. The molecule has 0 saturated carbocycles. The first-order valence-corrected chi connectivity index (χ1v) is 6.74. The van der Waals surface area contributed by atoms with E-state index in [-0.39, 0.29) is 6.61 Å². The van der Waals surface area contributed by atoms with Gasteiger partial charge < -0.3 is 15.2 Å². The minimum absolute atomic E-state index is 0.248. The van der Waals surface area contributed by atoms with E-state index in [0.717, 1.165) is 17.3 Å². The van der Waals surface area contributed by atoms with Crippen molar-refractivity contribution in [3.63, 3.8) is 0 Å². The highest BCUT2D eigenvalue weighted by Crippen LogP contribution is 2.19. The Kier molecular flexibility index (Phi) is 6.75. The largest absolute Gasteiger partial charge is 0.460 e. The molecule has 100 valence electrons. The molecule has 0 aliphatic rings. The Morgan fingerprint density at radius 3 is 2.78 bits per heavy atom. The molecule has 0 aliphatic heterocycles. The molecule has 0 saturated heterocycles. The molecule has 0 bridgehead atoms. The maximum atomic E-state index is 11.7. The highest BCUT2D eigenvalue weighted by atomic mass is 79.9. The molecule has 0 fully saturated rings. The van der Waals surface area contributed by atoms with Gasteiger partial charge in [0.05, 0.1) is 12.2 Å². The number of hydrogen-bond acceptors (Lipinski definition) is 4. The van der Waals surface area contributed by atoms with E-state index in [9.17, 15) is 4.79 Å². The summed E-state index contributed by atoms with van der Waals surface area (Å²) in [6.07, 6.45) is 2.11. The maximum Gasteiger partial charge on any atom is 0.340 e. The maximum absolute atomic E-state index is 11.7. The lowest BCUT2D eigenvalue weighted by molar-refractivity contribution is 0.0315. The summed E-state index contributed by atoms with van der Waals surface area (Å²) < 4.78 is 11.2. The summed E-state index contributed by atoms with van der Waals surface area (Å²) in [6.45, 7) is 3.47. The second-order valence-electron chi connectivity index (χ2n) is 3.83. The number of nitrogen functional groups attached to an aromatic ring is 1. The number of anilines is 1. The van der Waals surface area contributed by atoms with Crippen molar-refractivity contribution in [1.82, 2.24) is 0 Å². The summed E-state index contributed by atoms with van der Waals surface area (Å²) in [7, 11) is 0. The number of hydrogen-bond donors (Lipinski definition) is 1. The Hall–Kier alpha value is -1.07. The van der Waals surface area contributed by atoms with Crippen LogP contribution in [0.25, 0.3) is 0 Å². The molecule has 18 heavy (non-hydrogen) atoms. The van der Waals surface area contributed by atoms with Gasteiger partial charge in [0.25, 0.3) is 0 Å². The quantitative estimate of drug-likeness (QED) is 0.477. The van der Waals surface area contributed by atoms with Gasteiger partial charge in [-0.15, -0.1) is 0 Å². The molecule has 0 unspecified atom stereocenters. The summed E-state index contributed by atoms with van der Waals surface area (Å²) in [5, 5.41) is 0. The van der Waals surface area contributed by atoms with Gasteiger partial charge in [0.1, 0.15) is 6.61 Å². The normalized spacial score (nSPS) is 10.3. The Morgan fingerprint density at radius 2 is 2.11 bits per heavy atom. The van der Waals surface area contributed by atoms with Crippen molar-refractivity contribution in [2.45, 2.75) is 19.8 Å². The molecule has 0 aromatic heterocycles. The van der Waals surface area contributed by atoms with Crippen molar-refractivity contribution in [3.8, 4) is 0 Å². The van der Waals surface area contributed by atoms with Crippen molar-refractivity contribution in [3.05, 3.63) is 28.2 Å². The first-order chi connectivity index (χ1) is 8.65. The number of carbonyl (C=O) groups is 1. The SMILES string of the molecule is CCCCOCCOC(=O)c1ccc(Br)cc1N. The number of benzene rings is 1. The van der Waals surface area contributed by atoms with Crippen molar-refractivity contribution >= 4 is 27.6 Å². The van der Waals surface area contributed by atoms with Crippen LogP contribution in [0.5, 0.6) is 0 Å². The predicted octanol–water partition coefficient (Wildman–Crippen LogP) is 3.00. The van der Waals surface area contributed by atoms with E-state index in [1.807, 2.05) is 0 Å². The molecule has 0 radical (unpaired) electrons. The molecule has 2 N–H and O–H groups in total. The molecule has 1 aromatic rings. The molecular weight excluding hydrogens is 298 g/mol. The van der Waals surface area contributed by atoms with Gasteiger partial charge in [-0.05, 0) is 24.6 Å². The van der Waals surface area contributed by atoms with Crippen LogP contribution in [-0.2, 0) is 9.47 Å². The van der Waals surface area contributed by atoms with Gasteiger partial charge in [-0.25, -0.2) is 4.79 Å². The summed E-state index contributed by atoms with van der Waals surface area (Å²) in [4.78, 5) is 11.7. The second kappa shape index (κ2) is 8.11. The van der Waals surface area contributed by atoms with Gasteiger partial charge in [0.2, 0.25) is 0 Å².